The molecule has 0 aromatic carbocycles. The van der Waals surface area contributed by atoms with Crippen molar-refractivity contribution in [1.82, 2.24) is 5.32 Å². The van der Waals surface area contributed by atoms with E-state index in [2.05, 4.69) is 39.7 Å². The number of carbonyl (C=O) groups excluding carboxylic acids is 3. The number of nitrogens with one attached hydrogen (secondary N) is 1. The fourth-order valence-corrected chi connectivity index (χ4v) is 2.72. The van der Waals surface area contributed by atoms with Gasteiger partial charge >= 0.3 is 12.2 Å². The van der Waals surface area contributed by atoms with Crippen molar-refractivity contribution < 1.29 is 24.2 Å². The van der Waals surface area contributed by atoms with Gasteiger partial charge in [-0.2, -0.15) is 0 Å². The minimum Gasteiger partial charge on any atom is -0.332 e. The van der Waals surface area contributed by atoms with Crippen molar-refractivity contribution in [3.63, 3.8) is 0 Å². The average molecular weight is 285 g/mol. The first-order valence-corrected chi connectivity index (χ1v) is 6.31. The smallest absolute Gasteiger partial charge is 0.332 e. The molecule has 8 heteroatoms. The Hall–Kier alpha value is -2.08. The van der Waals surface area contributed by atoms with E-state index in [-0.39, 0.29) is 17.4 Å². The summed E-state index contributed by atoms with van der Waals surface area (Å²) < 4.78 is 0. The van der Waals surface area contributed by atoms with E-state index in [1.807, 2.05) is 0 Å². The molecule has 1 saturated carbocycles. The van der Waals surface area contributed by atoms with E-state index in [4.69, 9.17) is 0 Å². The molecule has 1 aliphatic rings. The predicted molar refractivity (Wildman–Crippen MR) is 68.2 cm³/mol. The van der Waals surface area contributed by atoms with Crippen LogP contribution in [0, 0.1) is 11.3 Å². The summed E-state index contributed by atoms with van der Waals surface area (Å²) in [6, 6.07) is -0.0825. The lowest BCUT2D eigenvalue weighted by Gasteiger charge is -2.38. The van der Waals surface area contributed by atoms with Crippen molar-refractivity contribution in [2.45, 2.75) is 39.2 Å². The van der Waals surface area contributed by atoms with Crippen LogP contribution in [-0.2, 0) is 14.6 Å². The van der Waals surface area contributed by atoms with Crippen LogP contribution >= 0.6 is 0 Å². The van der Waals surface area contributed by atoms with Crippen molar-refractivity contribution >= 4 is 18.3 Å². The SMILES string of the molecule is CC1(C)CC(CNC(=O)OOC(N)=O)CC(N=C=O)C1. The summed E-state index contributed by atoms with van der Waals surface area (Å²) in [6.07, 6.45) is 1.89. The number of nitrogens with zero attached hydrogens (tertiary/aromatic N) is 1. The largest absolute Gasteiger partial charge is 0.450 e. The number of rotatable bonds is 3. The van der Waals surface area contributed by atoms with Gasteiger partial charge in [-0.25, -0.2) is 29.2 Å². The van der Waals surface area contributed by atoms with Gasteiger partial charge in [0.05, 0.1) is 6.04 Å². The molecular formula is C12H19N3O5. The highest BCUT2D eigenvalue weighted by Crippen LogP contribution is 2.39. The molecule has 8 nitrogen and oxygen atoms in total. The molecule has 0 spiro atoms. The lowest BCUT2D eigenvalue weighted by Crippen LogP contribution is -2.38. The van der Waals surface area contributed by atoms with Gasteiger partial charge in [-0.3, -0.25) is 0 Å². The number of primary amides is 1. The molecule has 1 fully saturated rings. The van der Waals surface area contributed by atoms with E-state index in [1.165, 1.54) is 0 Å². The zero-order valence-corrected chi connectivity index (χ0v) is 11.5. The van der Waals surface area contributed by atoms with Gasteiger partial charge in [0.15, 0.2) is 0 Å². The van der Waals surface area contributed by atoms with Gasteiger partial charge in [-0.1, -0.05) is 13.8 Å². The van der Waals surface area contributed by atoms with Crippen LogP contribution in [0.25, 0.3) is 0 Å². The Morgan fingerprint density at radius 1 is 1.40 bits per heavy atom. The van der Waals surface area contributed by atoms with Crippen LogP contribution in [0.5, 0.6) is 0 Å². The molecule has 0 heterocycles. The van der Waals surface area contributed by atoms with E-state index in [0.29, 0.717) is 13.0 Å². The molecule has 112 valence electrons. The van der Waals surface area contributed by atoms with E-state index < -0.39 is 12.2 Å². The fourth-order valence-electron chi connectivity index (χ4n) is 2.72. The van der Waals surface area contributed by atoms with E-state index in [9.17, 15) is 14.4 Å². The number of hydrogen-bond acceptors (Lipinski definition) is 6. The number of amides is 2. The average Bonchev–Trinajstić information content (AvgIpc) is 2.32. The van der Waals surface area contributed by atoms with Crippen LogP contribution in [0.3, 0.4) is 0 Å². The molecule has 2 atom stereocenters. The Morgan fingerprint density at radius 3 is 2.70 bits per heavy atom. The zero-order chi connectivity index (χ0) is 15.2. The van der Waals surface area contributed by atoms with Gasteiger partial charge in [0.1, 0.15) is 0 Å². The third kappa shape index (κ3) is 5.71. The summed E-state index contributed by atoms with van der Waals surface area (Å²) >= 11 is 0. The third-order valence-corrected chi connectivity index (χ3v) is 3.20. The standard InChI is InChI=1S/C12H19N3O5/c1-12(2)4-8(3-9(5-12)15-7-16)6-14-11(18)20-19-10(13)17/h8-9H,3-6H2,1-2H3,(H2,13,17)(H,14,18). The van der Waals surface area contributed by atoms with E-state index >= 15 is 0 Å². The number of isocyanates is 1. The van der Waals surface area contributed by atoms with Gasteiger partial charge in [-0.05, 0) is 30.6 Å². The Labute approximate surface area is 116 Å². The second kappa shape index (κ2) is 6.91. The summed E-state index contributed by atoms with van der Waals surface area (Å²) in [5.41, 5.74) is 4.68. The maximum atomic E-state index is 11.2. The molecule has 0 radical (unpaired) electrons. The van der Waals surface area contributed by atoms with Gasteiger partial charge in [-0.15, -0.1) is 0 Å². The Bertz CT molecular complexity index is 417. The van der Waals surface area contributed by atoms with Gasteiger partial charge < -0.3 is 11.1 Å². The molecule has 20 heavy (non-hydrogen) atoms. The summed E-state index contributed by atoms with van der Waals surface area (Å²) in [6.45, 7) is 4.51. The zero-order valence-electron chi connectivity index (χ0n) is 11.5. The van der Waals surface area contributed by atoms with E-state index in [1.54, 1.807) is 6.08 Å². The third-order valence-electron chi connectivity index (χ3n) is 3.20. The fraction of sp³-hybridized carbons (Fsp3) is 0.750. The van der Waals surface area contributed by atoms with Crippen LogP contribution in [0.2, 0.25) is 0 Å². The van der Waals surface area contributed by atoms with Crippen LogP contribution in [-0.4, -0.2) is 30.9 Å². The van der Waals surface area contributed by atoms with Crippen molar-refractivity contribution in [1.29, 1.82) is 0 Å². The molecule has 1 rings (SSSR count). The van der Waals surface area contributed by atoms with Crippen LogP contribution < -0.4 is 11.1 Å². The predicted octanol–water partition coefficient (Wildman–Crippen LogP) is 1.25. The van der Waals surface area contributed by atoms with Gasteiger partial charge in [0.25, 0.3) is 0 Å². The topological polar surface area (TPSA) is 120 Å². The first-order valence-electron chi connectivity index (χ1n) is 6.31. The molecule has 0 bridgehead atoms. The molecule has 0 aromatic rings. The molecule has 1 aliphatic carbocycles. The van der Waals surface area contributed by atoms with Gasteiger partial charge in [0.2, 0.25) is 6.08 Å². The molecule has 0 saturated heterocycles. The minimum absolute atomic E-state index is 0.0310. The molecule has 0 aromatic heterocycles. The van der Waals surface area contributed by atoms with Crippen molar-refractivity contribution in [3.8, 4) is 0 Å². The van der Waals surface area contributed by atoms with Crippen LogP contribution in [0.15, 0.2) is 4.99 Å². The molecule has 2 unspecified atom stereocenters. The number of hydrogen-bond donors (Lipinski definition) is 2. The van der Waals surface area contributed by atoms with Crippen molar-refractivity contribution in [2.75, 3.05) is 6.54 Å². The van der Waals surface area contributed by atoms with Crippen LogP contribution in [0.4, 0.5) is 9.59 Å². The minimum atomic E-state index is -1.20. The first kappa shape index (κ1) is 16.0. The van der Waals surface area contributed by atoms with Gasteiger partial charge in [0, 0.05) is 6.54 Å². The quantitative estimate of drug-likeness (QED) is 0.350. The summed E-state index contributed by atoms with van der Waals surface area (Å²) in [5.74, 6) is 0.155. The molecule has 3 N–H and O–H groups in total. The Kier molecular flexibility index (Phi) is 5.52. The summed E-state index contributed by atoms with van der Waals surface area (Å²) in [4.78, 5) is 43.6. The molecule has 0 aliphatic heterocycles. The second-order valence-corrected chi connectivity index (χ2v) is 5.70. The molecule has 2 amide bonds. The highest BCUT2D eigenvalue weighted by Gasteiger charge is 2.34. The monoisotopic (exact) mass is 285 g/mol. The highest BCUT2D eigenvalue weighted by molar-refractivity contribution is 5.69. The Morgan fingerprint density at radius 2 is 2.10 bits per heavy atom. The normalized spacial score (nSPS) is 24.1. The first-order chi connectivity index (χ1) is 9.32. The number of carbonyl (C=O) groups is 2. The highest BCUT2D eigenvalue weighted by atomic mass is 17.2. The maximum absolute atomic E-state index is 11.2. The molecular weight excluding hydrogens is 266 g/mol. The van der Waals surface area contributed by atoms with Crippen molar-refractivity contribution in [2.24, 2.45) is 22.1 Å². The summed E-state index contributed by atoms with van der Waals surface area (Å²) in [7, 11) is 0. The number of aliphatic imine (C=N–C) groups is 1. The maximum Gasteiger partial charge on any atom is 0.450 e. The lowest BCUT2D eigenvalue weighted by molar-refractivity contribution is -0.176. The Balaban J connectivity index is 2.44. The summed E-state index contributed by atoms with van der Waals surface area (Å²) in [5, 5.41) is 2.47. The number of nitrogens with two attached hydrogens (primary N) is 1. The van der Waals surface area contributed by atoms with Crippen LogP contribution in [0.1, 0.15) is 33.1 Å². The second-order valence-electron chi connectivity index (χ2n) is 5.70. The van der Waals surface area contributed by atoms with E-state index in [0.717, 1.165) is 12.8 Å². The lowest BCUT2D eigenvalue weighted by atomic mass is 9.70. The van der Waals surface area contributed by atoms with Crippen molar-refractivity contribution in [3.05, 3.63) is 0 Å².